The summed E-state index contributed by atoms with van der Waals surface area (Å²) in [6.07, 6.45) is -0.143. The van der Waals surface area contributed by atoms with Crippen LogP contribution in [0.1, 0.15) is 36.1 Å². The molecule has 0 aliphatic rings. The molecule has 0 fully saturated rings. The zero-order valence-electron chi connectivity index (χ0n) is 16.9. The number of carbonyl (C=O) groups is 4. The highest BCUT2D eigenvalue weighted by Crippen LogP contribution is 2.18. The standard InChI is InChI=1S/C22H25N3O5/c1-15-8-10-18(11-9-15)19(24-16(2)26)12-21(28)30-14-20(27)25-22(29)23-13-17-6-4-3-5-7-17/h3-11,19H,12-14H2,1-2H3,(H,24,26)(H2,23,25,27,29). The van der Waals surface area contributed by atoms with Crippen molar-refractivity contribution < 1.29 is 23.9 Å². The Morgan fingerprint density at radius 2 is 1.63 bits per heavy atom. The summed E-state index contributed by atoms with van der Waals surface area (Å²) in [5.41, 5.74) is 2.68. The number of aryl methyl sites for hydroxylation is 1. The average Bonchev–Trinajstić information content (AvgIpc) is 2.71. The third-order valence-electron chi connectivity index (χ3n) is 4.14. The highest BCUT2D eigenvalue weighted by molar-refractivity contribution is 5.95. The van der Waals surface area contributed by atoms with Gasteiger partial charge < -0.3 is 15.4 Å². The van der Waals surface area contributed by atoms with Crippen molar-refractivity contribution in [2.24, 2.45) is 0 Å². The smallest absolute Gasteiger partial charge is 0.321 e. The van der Waals surface area contributed by atoms with Crippen LogP contribution in [0.15, 0.2) is 54.6 Å². The summed E-state index contributed by atoms with van der Waals surface area (Å²) in [6.45, 7) is 2.95. The molecule has 0 aromatic heterocycles. The van der Waals surface area contributed by atoms with Crippen molar-refractivity contribution in [2.45, 2.75) is 32.9 Å². The summed E-state index contributed by atoms with van der Waals surface area (Å²) in [7, 11) is 0. The second-order valence-corrected chi connectivity index (χ2v) is 6.75. The van der Waals surface area contributed by atoms with Gasteiger partial charge in [-0.2, -0.15) is 0 Å². The summed E-state index contributed by atoms with van der Waals surface area (Å²) in [5, 5.41) is 7.33. The van der Waals surface area contributed by atoms with Crippen molar-refractivity contribution >= 4 is 23.8 Å². The van der Waals surface area contributed by atoms with Crippen molar-refractivity contribution in [3.63, 3.8) is 0 Å². The molecule has 3 N–H and O–H groups in total. The molecular weight excluding hydrogens is 386 g/mol. The van der Waals surface area contributed by atoms with Crippen LogP contribution in [0.2, 0.25) is 0 Å². The van der Waals surface area contributed by atoms with E-state index in [-0.39, 0.29) is 18.9 Å². The minimum absolute atomic E-state index is 0.143. The Morgan fingerprint density at radius 1 is 0.967 bits per heavy atom. The van der Waals surface area contributed by atoms with E-state index in [1.807, 2.05) is 61.5 Å². The molecule has 0 aliphatic heterocycles. The van der Waals surface area contributed by atoms with E-state index in [0.717, 1.165) is 16.7 Å². The molecule has 0 bridgehead atoms. The topological polar surface area (TPSA) is 114 Å². The maximum atomic E-state index is 12.1. The Balaban J connectivity index is 1.78. The van der Waals surface area contributed by atoms with Gasteiger partial charge in [-0.25, -0.2) is 4.79 Å². The summed E-state index contributed by atoms with van der Waals surface area (Å²) in [4.78, 5) is 47.2. The molecule has 2 rings (SSSR count). The predicted molar refractivity (Wildman–Crippen MR) is 110 cm³/mol. The van der Waals surface area contributed by atoms with Gasteiger partial charge in [0, 0.05) is 13.5 Å². The number of hydrogen-bond donors (Lipinski definition) is 3. The summed E-state index contributed by atoms with van der Waals surface area (Å²) >= 11 is 0. The fourth-order valence-corrected chi connectivity index (χ4v) is 2.65. The van der Waals surface area contributed by atoms with Crippen molar-refractivity contribution in [3.05, 3.63) is 71.3 Å². The molecule has 4 amide bonds. The monoisotopic (exact) mass is 411 g/mol. The van der Waals surface area contributed by atoms with Gasteiger partial charge in [0.05, 0.1) is 12.5 Å². The van der Waals surface area contributed by atoms with Crippen LogP contribution in [-0.2, 0) is 25.7 Å². The molecule has 0 saturated heterocycles. The molecular formula is C22H25N3O5. The van der Waals surface area contributed by atoms with E-state index < -0.39 is 30.6 Å². The van der Waals surface area contributed by atoms with E-state index >= 15 is 0 Å². The fraction of sp³-hybridized carbons (Fsp3) is 0.273. The van der Waals surface area contributed by atoms with Gasteiger partial charge in [-0.05, 0) is 18.1 Å². The lowest BCUT2D eigenvalue weighted by molar-refractivity contribution is -0.148. The Bertz CT molecular complexity index is 881. The largest absolute Gasteiger partial charge is 0.455 e. The maximum Gasteiger partial charge on any atom is 0.321 e. The fourth-order valence-electron chi connectivity index (χ4n) is 2.65. The molecule has 2 aromatic carbocycles. The average molecular weight is 411 g/mol. The normalized spacial score (nSPS) is 11.1. The number of benzene rings is 2. The van der Waals surface area contributed by atoms with Crippen LogP contribution in [-0.4, -0.2) is 30.4 Å². The lowest BCUT2D eigenvalue weighted by Crippen LogP contribution is -2.41. The van der Waals surface area contributed by atoms with Gasteiger partial charge in [0.1, 0.15) is 0 Å². The van der Waals surface area contributed by atoms with Crippen molar-refractivity contribution in [1.82, 2.24) is 16.0 Å². The summed E-state index contributed by atoms with van der Waals surface area (Å²) in [6, 6.07) is 15.3. The molecule has 0 spiro atoms. The SMILES string of the molecule is CC(=O)NC(CC(=O)OCC(=O)NC(=O)NCc1ccccc1)c1ccc(C)cc1. The Hall–Kier alpha value is -3.68. The molecule has 2 aromatic rings. The van der Waals surface area contributed by atoms with Gasteiger partial charge in [-0.15, -0.1) is 0 Å². The zero-order chi connectivity index (χ0) is 21.9. The first-order chi connectivity index (χ1) is 14.3. The van der Waals surface area contributed by atoms with Crippen LogP contribution in [0.3, 0.4) is 0 Å². The van der Waals surface area contributed by atoms with Crippen LogP contribution in [0.4, 0.5) is 4.79 Å². The summed E-state index contributed by atoms with van der Waals surface area (Å²) in [5.74, 6) is -1.71. The Labute approximate surface area is 175 Å². The Morgan fingerprint density at radius 3 is 2.27 bits per heavy atom. The van der Waals surface area contributed by atoms with Crippen LogP contribution in [0, 0.1) is 6.92 Å². The maximum absolute atomic E-state index is 12.1. The van der Waals surface area contributed by atoms with Gasteiger partial charge in [-0.3, -0.25) is 19.7 Å². The first-order valence-corrected chi connectivity index (χ1v) is 9.44. The first kappa shape index (κ1) is 22.6. The molecule has 0 aliphatic carbocycles. The minimum Gasteiger partial charge on any atom is -0.455 e. The third-order valence-corrected chi connectivity index (χ3v) is 4.14. The van der Waals surface area contributed by atoms with Gasteiger partial charge in [0.2, 0.25) is 5.91 Å². The molecule has 0 saturated carbocycles. The molecule has 0 radical (unpaired) electrons. The molecule has 158 valence electrons. The van der Waals surface area contributed by atoms with Gasteiger partial charge in [0.25, 0.3) is 5.91 Å². The number of nitrogens with one attached hydrogen (secondary N) is 3. The second-order valence-electron chi connectivity index (χ2n) is 6.75. The van der Waals surface area contributed by atoms with Gasteiger partial charge in [-0.1, -0.05) is 60.2 Å². The number of urea groups is 1. The molecule has 1 atom stereocenters. The second kappa shape index (κ2) is 11.4. The van der Waals surface area contributed by atoms with Gasteiger partial charge >= 0.3 is 12.0 Å². The van der Waals surface area contributed by atoms with E-state index in [4.69, 9.17) is 4.74 Å². The highest BCUT2D eigenvalue weighted by Gasteiger charge is 2.19. The lowest BCUT2D eigenvalue weighted by Gasteiger charge is -2.18. The number of amides is 4. The quantitative estimate of drug-likeness (QED) is 0.576. The number of carbonyl (C=O) groups excluding carboxylic acids is 4. The predicted octanol–water partition coefficient (Wildman–Crippen LogP) is 2.13. The number of imide groups is 1. The molecule has 1 unspecified atom stereocenters. The van der Waals surface area contributed by atoms with Crippen LogP contribution in [0.5, 0.6) is 0 Å². The van der Waals surface area contributed by atoms with Crippen molar-refractivity contribution in [3.8, 4) is 0 Å². The zero-order valence-corrected chi connectivity index (χ0v) is 16.9. The van der Waals surface area contributed by atoms with Crippen LogP contribution in [0.25, 0.3) is 0 Å². The first-order valence-electron chi connectivity index (χ1n) is 9.44. The number of rotatable bonds is 8. The Kier molecular flexibility index (Phi) is 8.56. The highest BCUT2D eigenvalue weighted by atomic mass is 16.5. The lowest BCUT2D eigenvalue weighted by atomic mass is 10.0. The van der Waals surface area contributed by atoms with E-state index in [0.29, 0.717) is 0 Å². The van der Waals surface area contributed by atoms with Crippen LogP contribution >= 0.6 is 0 Å². The number of ether oxygens (including phenoxy) is 1. The van der Waals surface area contributed by atoms with E-state index in [2.05, 4.69) is 16.0 Å². The van der Waals surface area contributed by atoms with E-state index in [9.17, 15) is 19.2 Å². The van der Waals surface area contributed by atoms with E-state index in [1.54, 1.807) is 0 Å². The van der Waals surface area contributed by atoms with E-state index in [1.165, 1.54) is 6.92 Å². The number of hydrogen-bond acceptors (Lipinski definition) is 5. The van der Waals surface area contributed by atoms with Gasteiger partial charge in [0.15, 0.2) is 6.61 Å². The number of esters is 1. The third kappa shape index (κ3) is 8.14. The summed E-state index contributed by atoms with van der Waals surface area (Å²) < 4.78 is 4.94. The molecule has 8 nitrogen and oxygen atoms in total. The molecule has 30 heavy (non-hydrogen) atoms. The van der Waals surface area contributed by atoms with Crippen molar-refractivity contribution in [2.75, 3.05) is 6.61 Å². The van der Waals surface area contributed by atoms with Crippen molar-refractivity contribution in [1.29, 1.82) is 0 Å². The molecule has 0 heterocycles. The minimum atomic E-state index is -0.750. The van der Waals surface area contributed by atoms with Crippen LogP contribution < -0.4 is 16.0 Å². The molecule has 8 heteroatoms.